The van der Waals surface area contributed by atoms with E-state index in [1.54, 1.807) is 22.0 Å². The molecule has 2 aromatic heterocycles. The number of pyridine rings is 1. The summed E-state index contributed by atoms with van der Waals surface area (Å²) in [5.41, 5.74) is 2.60. The van der Waals surface area contributed by atoms with Crippen LogP contribution in [0.4, 0.5) is 5.69 Å². The first-order valence-electron chi connectivity index (χ1n) is 6.41. The second-order valence-corrected chi connectivity index (χ2v) is 4.93. The van der Waals surface area contributed by atoms with Crippen LogP contribution in [0.1, 0.15) is 18.5 Å². The van der Waals surface area contributed by atoms with E-state index in [0.29, 0.717) is 0 Å². The van der Waals surface area contributed by atoms with Gasteiger partial charge in [0.05, 0.1) is 29.5 Å². The molecule has 2 aromatic rings. The molecular formula is C14H16N4O. The van der Waals surface area contributed by atoms with E-state index in [4.69, 9.17) is 0 Å². The fraction of sp³-hybridized carbons (Fsp3) is 0.357. The van der Waals surface area contributed by atoms with Crippen LogP contribution in [-0.4, -0.2) is 27.7 Å². The highest BCUT2D eigenvalue weighted by Gasteiger charge is 2.33. The van der Waals surface area contributed by atoms with E-state index in [0.717, 1.165) is 29.9 Å². The first kappa shape index (κ1) is 11.9. The molecule has 0 atom stereocenters. The zero-order valence-corrected chi connectivity index (χ0v) is 11.1. The summed E-state index contributed by atoms with van der Waals surface area (Å²) in [6, 6.07) is 3.80. The topological polar surface area (TPSA) is 51.0 Å². The average Bonchev–Trinajstić information content (AvgIpc) is 3.21. The second kappa shape index (κ2) is 4.50. The zero-order chi connectivity index (χ0) is 13.4. The van der Waals surface area contributed by atoms with Crippen molar-refractivity contribution in [1.29, 1.82) is 0 Å². The lowest BCUT2D eigenvalue weighted by atomic mass is 10.3. The Morgan fingerprint density at radius 1 is 1.47 bits per heavy atom. The molecular weight excluding hydrogens is 240 g/mol. The number of anilines is 1. The average molecular weight is 256 g/mol. The van der Waals surface area contributed by atoms with Gasteiger partial charge in [0.1, 0.15) is 0 Å². The third-order valence-corrected chi connectivity index (χ3v) is 3.40. The highest BCUT2D eigenvalue weighted by atomic mass is 16.2. The van der Waals surface area contributed by atoms with E-state index in [1.165, 1.54) is 0 Å². The highest BCUT2D eigenvalue weighted by Crippen LogP contribution is 2.33. The number of aromatic nitrogens is 3. The first-order valence-corrected chi connectivity index (χ1v) is 6.41. The van der Waals surface area contributed by atoms with Gasteiger partial charge in [0.25, 0.3) is 0 Å². The maximum absolute atomic E-state index is 12.1. The molecule has 1 amide bonds. The quantitative estimate of drug-likeness (QED) is 0.843. The summed E-state index contributed by atoms with van der Waals surface area (Å²) in [5, 5.41) is 4.45. The van der Waals surface area contributed by atoms with E-state index in [9.17, 15) is 4.79 Å². The fourth-order valence-electron chi connectivity index (χ4n) is 2.12. The van der Waals surface area contributed by atoms with Crippen LogP contribution in [0.25, 0.3) is 5.69 Å². The summed E-state index contributed by atoms with van der Waals surface area (Å²) in [6.07, 6.45) is 7.38. The van der Waals surface area contributed by atoms with Crippen molar-refractivity contribution in [3.8, 4) is 5.69 Å². The fourth-order valence-corrected chi connectivity index (χ4v) is 2.12. The largest absolute Gasteiger partial charge is 0.312 e. The minimum atomic E-state index is 0.189. The molecule has 98 valence electrons. The van der Waals surface area contributed by atoms with Crippen LogP contribution < -0.4 is 4.90 Å². The molecule has 1 fully saturated rings. The number of nitrogens with zero attached hydrogens (tertiary/aromatic N) is 4. The van der Waals surface area contributed by atoms with Crippen molar-refractivity contribution in [3.63, 3.8) is 0 Å². The van der Waals surface area contributed by atoms with Crippen molar-refractivity contribution < 1.29 is 4.79 Å². The first-order chi connectivity index (χ1) is 9.16. The van der Waals surface area contributed by atoms with Gasteiger partial charge in [-0.3, -0.25) is 9.78 Å². The van der Waals surface area contributed by atoms with Crippen LogP contribution in [-0.2, 0) is 4.79 Å². The number of carbonyl (C=O) groups excluding carboxylic acids is 1. The van der Waals surface area contributed by atoms with Crippen LogP contribution in [0.2, 0.25) is 0 Å². The van der Waals surface area contributed by atoms with E-state index in [-0.39, 0.29) is 11.8 Å². The minimum Gasteiger partial charge on any atom is -0.312 e. The Balaban J connectivity index is 1.91. The van der Waals surface area contributed by atoms with Gasteiger partial charge in [-0.1, -0.05) is 0 Å². The van der Waals surface area contributed by atoms with Gasteiger partial charge in [-0.05, 0) is 31.9 Å². The minimum absolute atomic E-state index is 0.189. The molecule has 0 spiro atoms. The van der Waals surface area contributed by atoms with Gasteiger partial charge in [0.2, 0.25) is 5.91 Å². The molecule has 0 saturated heterocycles. The normalized spacial score (nSPS) is 14.4. The SMILES string of the molecule is Cc1nn(-c2cccnc2)cc1N(C)C(=O)C1CC1. The van der Waals surface area contributed by atoms with Crippen LogP contribution >= 0.6 is 0 Å². The van der Waals surface area contributed by atoms with Gasteiger partial charge in [-0.15, -0.1) is 0 Å². The molecule has 5 heteroatoms. The Labute approximate surface area is 111 Å². The number of hydrogen-bond donors (Lipinski definition) is 0. The zero-order valence-electron chi connectivity index (χ0n) is 11.1. The second-order valence-electron chi connectivity index (χ2n) is 4.93. The van der Waals surface area contributed by atoms with Gasteiger partial charge >= 0.3 is 0 Å². The molecule has 0 unspecified atom stereocenters. The van der Waals surface area contributed by atoms with Crippen LogP contribution in [0.3, 0.4) is 0 Å². The van der Waals surface area contributed by atoms with Gasteiger partial charge < -0.3 is 4.90 Å². The van der Waals surface area contributed by atoms with Crippen molar-refractivity contribution in [2.45, 2.75) is 19.8 Å². The molecule has 1 aliphatic rings. The Kier molecular flexibility index (Phi) is 2.81. The van der Waals surface area contributed by atoms with Gasteiger partial charge in [-0.25, -0.2) is 4.68 Å². The third kappa shape index (κ3) is 2.23. The van der Waals surface area contributed by atoms with E-state index in [1.807, 2.05) is 32.3 Å². The molecule has 1 saturated carbocycles. The van der Waals surface area contributed by atoms with Crippen LogP contribution in [0.15, 0.2) is 30.7 Å². The van der Waals surface area contributed by atoms with Crippen molar-refractivity contribution in [3.05, 3.63) is 36.4 Å². The lowest BCUT2D eigenvalue weighted by molar-refractivity contribution is -0.119. The molecule has 0 radical (unpaired) electrons. The number of aryl methyl sites for hydroxylation is 1. The number of carbonyl (C=O) groups is 1. The van der Waals surface area contributed by atoms with Crippen molar-refractivity contribution in [1.82, 2.24) is 14.8 Å². The van der Waals surface area contributed by atoms with E-state index < -0.39 is 0 Å². The molecule has 0 aliphatic heterocycles. The molecule has 0 bridgehead atoms. The van der Waals surface area contributed by atoms with Crippen molar-refractivity contribution >= 4 is 11.6 Å². The molecule has 3 rings (SSSR count). The standard InChI is InChI=1S/C14H16N4O/c1-10-13(17(2)14(19)11-5-6-11)9-18(16-10)12-4-3-7-15-8-12/h3-4,7-9,11H,5-6H2,1-2H3. The van der Waals surface area contributed by atoms with Crippen molar-refractivity contribution in [2.75, 3.05) is 11.9 Å². The number of rotatable bonds is 3. The summed E-state index contributed by atoms with van der Waals surface area (Å²) in [4.78, 5) is 17.9. The van der Waals surface area contributed by atoms with Crippen LogP contribution in [0, 0.1) is 12.8 Å². The van der Waals surface area contributed by atoms with Crippen LogP contribution in [0.5, 0.6) is 0 Å². The Bertz CT molecular complexity index is 601. The predicted octanol–water partition coefficient (Wildman–Crippen LogP) is 1.95. The van der Waals surface area contributed by atoms with Gasteiger partial charge in [0.15, 0.2) is 0 Å². The highest BCUT2D eigenvalue weighted by molar-refractivity contribution is 5.96. The summed E-state index contributed by atoms with van der Waals surface area (Å²) < 4.78 is 1.76. The Hall–Kier alpha value is -2.17. The summed E-state index contributed by atoms with van der Waals surface area (Å²) in [6.45, 7) is 1.92. The summed E-state index contributed by atoms with van der Waals surface area (Å²) in [5.74, 6) is 0.403. The van der Waals surface area contributed by atoms with E-state index >= 15 is 0 Å². The molecule has 1 aliphatic carbocycles. The predicted molar refractivity (Wildman–Crippen MR) is 72.2 cm³/mol. The number of hydrogen-bond acceptors (Lipinski definition) is 3. The molecule has 2 heterocycles. The maximum atomic E-state index is 12.1. The monoisotopic (exact) mass is 256 g/mol. The molecule has 19 heavy (non-hydrogen) atoms. The molecule has 5 nitrogen and oxygen atoms in total. The summed E-state index contributed by atoms with van der Waals surface area (Å²) in [7, 11) is 1.82. The van der Waals surface area contributed by atoms with E-state index in [2.05, 4.69) is 10.1 Å². The third-order valence-electron chi connectivity index (χ3n) is 3.40. The summed E-state index contributed by atoms with van der Waals surface area (Å²) >= 11 is 0. The lowest BCUT2D eigenvalue weighted by Gasteiger charge is -2.15. The molecule has 0 aromatic carbocycles. The lowest BCUT2D eigenvalue weighted by Crippen LogP contribution is -2.27. The molecule has 0 N–H and O–H groups in total. The Morgan fingerprint density at radius 3 is 2.89 bits per heavy atom. The number of amides is 1. The smallest absolute Gasteiger partial charge is 0.229 e. The maximum Gasteiger partial charge on any atom is 0.229 e. The van der Waals surface area contributed by atoms with Crippen molar-refractivity contribution in [2.24, 2.45) is 5.92 Å². The van der Waals surface area contributed by atoms with Gasteiger partial charge in [-0.2, -0.15) is 5.10 Å². The van der Waals surface area contributed by atoms with Gasteiger partial charge in [0, 0.05) is 19.2 Å². The Morgan fingerprint density at radius 2 is 2.26 bits per heavy atom.